The van der Waals surface area contributed by atoms with E-state index in [-0.39, 0.29) is 5.56 Å². The summed E-state index contributed by atoms with van der Waals surface area (Å²) in [6, 6.07) is 3.75. The molecule has 1 atom stereocenters. The average molecular weight is 281 g/mol. The van der Waals surface area contributed by atoms with Gasteiger partial charge >= 0.3 is 0 Å². The quantitative estimate of drug-likeness (QED) is 0.848. The maximum absolute atomic E-state index is 13.3. The second-order valence-electron chi connectivity index (χ2n) is 3.96. The van der Waals surface area contributed by atoms with Gasteiger partial charge in [0.1, 0.15) is 17.7 Å². The number of nitriles is 1. The molecule has 0 aromatic heterocycles. The van der Waals surface area contributed by atoms with Gasteiger partial charge in [-0.2, -0.15) is 5.26 Å². The summed E-state index contributed by atoms with van der Waals surface area (Å²) in [7, 11) is 0. The van der Waals surface area contributed by atoms with E-state index in [0.717, 1.165) is 12.1 Å². The van der Waals surface area contributed by atoms with Gasteiger partial charge in [0, 0.05) is 6.07 Å². The van der Waals surface area contributed by atoms with Gasteiger partial charge in [0.2, 0.25) is 5.91 Å². The molecule has 7 heteroatoms. The summed E-state index contributed by atoms with van der Waals surface area (Å²) in [5.74, 6) is -3.19. The zero-order valence-corrected chi connectivity index (χ0v) is 10.7. The first-order chi connectivity index (χ1) is 9.47. The topological polar surface area (TPSA) is 82.0 Å². The van der Waals surface area contributed by atoms with Crippen molar-refractivity contribution < 1.29 is 18.4 Å². The zero-order chi connectivity index (χ0) is 15.1. The number of hydrogen-bond acceptors (Lipinski definition) is 3. The molecule has 1 aromatic carbocycles. The summed E-state index contributed by atoms with van der Waals surface area (Å²) >= 11 is 0. The smallest absolute Gasteiger partial charge is 0.254 e. The largest absolute Gasteiger partial charge is 0.343 e. The summed E-state index contributed by atoms with van der Waals surface area (Å²) in [6.45, 7) is 1.33. The Morgan fingerprint density at radius 2 is 2.10 bits per heavy atom. The minimum atomic E-state index is -1.01. The molecule has 20 heavy (non-hydrogen) atoms. The maximum Gasteiger partial charge on any atom is 0.254 e. The number of carbonyl (C=O) groups is 2. The molecule has 0 aliphatic heterocycles. The molecule has 0 bridgehead atoms. The number of nitrogens with zero attached hydrogens (tertiary/aromatic N) is 1. The molecule has 1 aromatic rings. The van der Waals surface area contributed by atoms with Gasteiger partial charge in [0.15, 0.2) is 0 Å². The van der Waals surface area contributed by atoms with Crippen LogP contribution in [-0.2, 0) is 4.79 Å². The van der Waals surface area contributed by atoms with Gasteiger partial charge in [-0.25, -0.2) is 8.78 Å². The van der Waals surface area contributed by atoms with E-state index in [4.69, 9.17) is 5.26 Å². The van der Waals surface area contributed by atoms with Gasteiger partial charge < -0.3 is 10.6 Å². The number of benzene rings is 1. The normalized spacial score (nSPS) is 11.3. The lowest BCUT2D eigenvalue weighted by molar-refractivity contribution is -0.120. The molecular formula is C13H13F2N3O2. The number of hydrogen-bond donors (Lipinski definition) is 2. The molecule has 2 amide bonds. The number of amides is 2. The summed E-state index contributed by atoms with van der Waals surface area (Å²) in [4.78, 5) is 23.0. The van der Waals surface area contributed by atoms with Crippen LogP contribution >= 0.6 is 0 Å². The van der Waals surface area contributed by atoms with Gasteiger partial charge in [-0.3, -0.25) is 9.59 Å². The average Bonchev–Trinajstić information content (AvgIpc) is 2.42. The lowest BCUT2D eigenvalue weighted by Gasteiger charge is -2.10. The van der Waals surface area contributed by atoms with E-state index < -0.39 is 36.0 Å². The fourth-order valence-electron chi connectivity index (χ4n) is 1.40. The molecule has 0 heterocycles. The second kappa shape index (κ2) is 7.19. The molecule has 0 spiro atoms. The second-order valence-corrected chi connectivity index (χ2v) is 3.96. The molecule has 0 saturated carbocycles. The number of carbonyl (C=O) groups excluding carboxylic acids is 2. The van der Waals surface area contributed by atoms with Crippen LogP contribution < -0.4 is 10.6 Å². The van der Waals surface area contributed by atoms with Crippen molar-refractivity contribution in [3.8, 4) is 6.07 Å². The van der Waals surface area contributed by atoms with Crippen LogP contribution in [0.3, 0.4) is 0 Å². The number of halogens is 2. The molecule has 0 aliphatic carbocycles. The highest BCUT2D eigenvalue weighted by Gasteiger charge is 2.14. The molecule has 1 rings (SSSR count). The van der Waals surface area contributed by atoms with Crippen molar-refractivity contribution in [3.63, 3.8) is 0 Å². The Balaban J connectivity index is 2.55. The Labute approximate surface area is 114 Å². The molecule has 0 radical (unpaired) electrons. The van der Waals surface area contributed by atoms with Crippen molar-refractivity contribution in [2.24, 2.45) is 0 Å². The molecule has 0 saturated heterocycles. The van der Waals surface area contributed by atoms with Crippen LogP contribution in [0.2, 0.25) is 0 Å². The fraction of sp³-hybridized carbons (Fsp3) is 0.308. The van der Waals surface area contributed by atoms with E-state index in [1.165, 1.54) is 0 Å². The van der Waals surface area contributed by atoms with Gasteiger partial charge in [0.05, 0.1) is 18.2 Å². The Bertz CT molecular complexity index is 555. The molecule has 5 nitrogen and oxygen atoms in total. The SMILES string of the molecule is CCC(C#N)NC(=O)CNC(=O)c1ccc(F)cc1F. The van der Waals surface area contributed by atoms with E-state index in [0.29, 0.717) is 12.5 Å². The lowest BCUT2D eigenvalue weighted by Crippen LogP contribution is -2.41. The molecule has 0 aliphatic rings. The Morgan fingerprint density at radius 1 is 1.40 bits per heavy atom. The Kier molecular flexibility index (Phi) is 5.59. The Morgan fingerprint density at radius 3 is 2.65 bits per heavy atom. The van der Waals surface area contributed by atoms with Gasteiger partial charge in [-0.05, 0) is 18.6 Å². The zero-order valence-electron chi connectivity index (χ0n) is 10.7. The minimum absolute atomic E-state index is 0.355. The van der Waals surface area contributed by atoms with E-state index in [9.17, 15) is 18.4 Å². The summed E-state index contributed by atoms with van der Waals surface area (Å²) < 4.78 is 26.0. The van der Waals surface area contributed by atoms with Crippen LogP contribution in [0.25, 0.3) is 0 Å². The standard InChI is InChI=1S/C13H13F2N3O2/c1-2-9(6-16)18-12(19)7-17-13(20)10-4-3-8(14)5-11(10)15/h3-5,9H,2,7H2,1H3,(H,17,20)(H,18,19). The van der Waals surface area contributed by atoms with E-state index in [2.05, 4.69) is 10.6 Å². The summed E-state index contributed by atoms with van der Waals surface area (Å²) in [6.07, 6.45) is 0.433. The van der Waals surface area contributed by atoms with Crippen molar-refractivity contribution in [3.05, 3.63) is 35.4 Å². The van der Waals surface area contributed by atoms with Crippen molar-refractivity contribution in [1.29, 1.82) is 5.26 Å². The van der Waals surface area contributed by atoms with E-state index in [1.807, 2.05) is 6.07 Å². The first-order valence-electron chi connectivity index (χ1n) is 5.90. The molecule has 1 unspecified atom stereocenters. The van der Waals surface area contributed by atoms with Crippen LogP contribution in [0.1, 0.15) is 23.7 Å². The molecule has 2 N–H and O–H groups in total. The van der Waals surface area contributed by atoms with E-state index in [1.54, 1.807) is 6.92 Å². The predicted octanol–water partition coefficient (Wildman–Crippen LogP) is 1.11. The van der Waals surface area contributed by atoms with Gasteiger partial charge in [-0.1, -0.05) is 6.92 Å². The van der Waals surface area contributed by atoms with Gasteiger partial charge in [0.25, 0.3) is 5.91 Å². The van der Waals surface area contributed by atoms with Crippen LogP contribution in [0, 0.1) is 23.0 Å². The number of rotatable bonds is 5. The third-order valence-corrected chi connectivity index (χ3v) is 2.48. The van der Waals surface area contributed by atoms with Crippen LogP contribution in [-0.4, -0.2) is 24.4 Å². The van der Waals surface area contributed by atoms with Crippen LogP contribution in [0.5, 0.6) is 0 Å². The predicted molar refractivity (Wildman–Crippen MR) is 66.5 cm³/mol. The first-order valence-corrected chi connectivity index (χ1v) is 5.90. The monoisotopic (exact) mass is 281 g/mol. The van der Waals surface area contributed by atoms with Crippen molar-refractivity contribution in [2.45, 2.75) is 19.4 Å². The highest BCUT2D eigenvalue weighted by Crippen LogP contribution is 2.08. The van der Waals surface area contributed by atoms with Crippen molar-refractivity contribution in [2.75, 3.05) is 6.54 Å². The Hall–Kier alpha value is -2.49. The maximum atomic E-state index is 13.3. The number of nitrogens with one attached hydrogen (secondary N) is 2. The molecule has 0 fully saturated rings. The summed E-state index contributed by atoms with van der Waals surface area (Å²) in [5, 5.41) is 13.2. The van der Waals surface area contributed by atoms with Crippen LogP contribution in [0.15, 0.2) is 18.2 Å². The van der Waals surface area contributed by atoms with Crippen molar-refractivity contribution >= 4 is 11.8 Å². The highest BCUT2D eigenvalue weighted by atomic mass is 19.1. The lowest BCUT2D eigenvalue weighted by atomic mass is 10.2. The van der Waals surface area contributed by atoms with E-state index >= 15 is 0 Å². The first kappa shape index (κ1) is 15.6. The minimum Gasteiger partial charge on any atom is -0.343 e. The van der Waals surface area contributed by atoms with Crippen molar-refractivity contribution in [1.82, 2.24) is 10.6 Å². The summed E-state index contributed by atoms with van der Waals surface area (Å²) in [5.41, 5.74) is -0.355. The van der Waals surface area contributed by atoms with Gasteiger partial charge in [-0.15, -0.1) is 0 Å². The third-order valence-electron chi connectivity index (χ3n) is 2.48. The molecule has 106 valence electrons. The molecular weight excluding hydrogens is 268 g/mol. The van der Waals surface area contributed by atoms with Crippen LogP contribution in [0.4, 0.5) is 8.78 Å². The third kappa shape index (κ3) is 4.31. The fourth-order valence-corrected chi connectivity index (χ4v) is 1.40. The highest BCUT2D eigenvalue weighted by molar-refractivity contribution is 5.96.